The first-order chi connectivity index (χ1) is 31.1. The average Bonchev–Trinajstić information content (AvgIpc) is 4.02. The molecular weight excluding hydrogens is 837 g/mol. The summed E-state index contributed by atoms with van der Waals surface area (Å²) in [6, 6.07) is 0. The first kappa shape index (κ1) is 52.6. The predicted molar refractivity (Wildman–Crippen MR) is 264 cm³/mol. The van der Waals surface area contributed by atoms with Gasteiger partial charge in [0.05, 0.1) is 7.11 Å². The number of ketones is 1. The molecule has 0 saturated carbocycles. The molecule has 0 unspecified atom stereocenters. The standard InChI is InChI=1S/C55H73N4O6.Mg/c1-12-38-35(8)42-27-43-36(9)40(23-24-48(61)65-26-25-34(7)22-16-21-33(6)20-15-19-32(5)18-14-17-31(3)4)52(58-43)50-51(55(63)64-11)54(62)49-37(10)44(59-53(49)50)28-46-39(13-2)41(30-60)47(57-46)29-45(38)56-42;/h25,27-33,36,40,51H,12-24,26H2,1-11H3,(H-,58,59,60,62);/q-3;+2/p-1/b34-25+,43-27-,47-29-;/t32-,33-,36+,40+,51-;/m1./s1. The summed E-state index contributed by atoms with van der Waals surface area (Å²) in [5.74, 6) is -0.882. The van der Waals surface area contributed by atoms with E-state index in [2.05, 4.69) is 48.5 Å². The number of aromatic nitrogens is 3. The van der Waals surface area contributed by atoms with Gasteiger partial charge in [0.25, 0.3) is 0 Å². The third kappa shape index (κ3) is 11.7. The number of carbonyl (C=O) groups excluding carboxylic acids is 4. The third-order valence-corrected chi connectivity index (χ3v) is 14.3. The molecule has 0 amide bonds. The van der Waals surface area contributed by atoms with Crippen LogP contribution in [-0.4, -0.2) is 60.8 Å². The van der Waals surface area contributed by atoms with Gasteiger partial charge in [-0.05, 0) is 88.5 Å². The second kappa shape index (κ2) is 23.6. The quantitative estimate of drug-likeness (QED) is 0.0336. The Bertz CT molecular complexity index is 2480. The summed E-state index contributed by atoms with van der Waals surface area (Å²) >= 11 is 0. The van der Waals surface area contributed by atoms with Crippen LogP contribution in [0.15, 0.2) is 23.0 Å². The number of allylic oxidation sites excluding steroid dienone is 3. The molecule has 5 atom stereocenters. The molecule has 11 heteroatoms. The summed E-state index contributed by atoms with van der Waals surface area (Å²) in [5.41, 5.74) is 9.60. The van der Waals surface area contributed by atoms with Gasteiger partial charge < -0.3 is 29.7 Å². The Morgan fingerprint density at radius 2 is 1.44 bits per heavy atom. The molecule has 0 aromatic carbocycles. The largest absolute Gasteiger partial charge is 2.00 e. The maximum atomic E-state index is 14.4. The zero-order valence-corrected chi connectivity index (χ0v) is 43.1. The van der Waals surface area contributed by atoms with Crippen molar-refractivity contribution in [3.8, 4) is 0 Å². The van der Waals surface area contributed by atoms with Gasteiger partial charge in [0, 0.05) is 17.5 Å². The van der Waals surface area contributed by atoms with E-state index in [1.165, 1.54) is 57.6 Å². The third-order valence-electron chi connectivity index (χ3n) is 14.3. The zero-order valence-electron chi connectivity index (χ0n) is 41.7. The Hall–Kier alpha value is -4.35. The van der Waals surface area contributed by atoms with Gasteiger partial charge in [-0.1, -0.05) is 145 Å². The van der Waals surface area contributed by atoms with Crippen molar-refractivity contribution < 1.29 is 28.7 Å². The number of fused-ring (bicyclic) bond motifs is 7. The van der Waals surface area contributed by atoms with E-state index < -0.39 is 17.7 Å². The van der Waals surface area contributed by atoms with E-state index in [1.807, 2.05) is 45.1 Å². The van der Waals surface area contributed by atoms with Crippen LogP contribution >= 0.6 is 0 Å². The molecular formula is C55H72MgN4O6-2. The van der Waals surface area contributed by atoms with Gasteiger partial charge in [-0.3, -0.25) is 19.2 Å². The van der Waals surface area contributed by atoms with Crippen LogP contribution in [0, 0.1) is 49.4 Å². The molecule has 1 aliphatic carbocycles. The van der Waals surface area contributed by atoms with Crippen molar-refractivity contribution in [3.05, 3.63) is 95.2 Å². The minimum absolute atomic E-state index is 0. The number of hydrogen-bond donors (Lipinski definition) is 0. The van der Waals surface area contributed by atoms with Crippen molar-refractivity contribution in [3.63, 3.8) is 0 Å². The molecule has 8 bridgehead atoms. The van der Waals surface area contributed by atoms with E-state index in [1.54, 1.807) is 0 Å². The van der Waals surface area contributed by atoms with Gasteiger partial charge >= 0.3 is 35.0 Å². The number of carbonyl (C=O) groups is 4. The van der Waals surface area contributed by atoms with Crippen LogP contribution in [0.5, 0.6) is 0 Å². The molecule has 66 heavy (non-hydrogen) atoms. The minimum Gasteiger partial charge on any atom is -0.664 e. The summed E-state index contributed by atoms with van der Waals surface area (Å²) in [4.78, 5) is 69.0. The summed E-state index contributed by atoms with van der Waals surface area (Å²) < 4.78 is 11.0. The van der Waals surface area contributed by atoms with Crippen molar-refractivity contribution in [1.82, 2.24) is 15.0 Å². The summed E-state index contributed by atoms with van der Waals surface area (Å²) in [5, 5.41) is 6.35. The van der Waals surface area contributed by atoms with E-state index >= 15 is 0 Å². The van der Waals surface area contributed by atoms with Crippen molar-refractivity contribution in [2.45, 2.75) is 153 Å². The molecule has 352 valence electrons. The molecule has 6 rings (SSSR count). The fourth-order valence-corrected chi connectivity index (χ4v) is 10.3. The molecule has 0 spiro atoms. The average molecular weight is 910 g/mol. The smallest absolute Gasteiger partial charge is 0.664 e. The summed E-state index contributed by atoms with van der Waals surface area (Å²) in [6.07, 6.45) is 21.6. The normalized spacial score (nSPS) is 21.5. The number of ether oxygens (including phenoxy) is 2. The van der Waals surface area contributed by atoms with Gasteiger partial charge in [0.15, 0.2) is 5.78 Å². The summed E-state index contributed by atoms with van der Waals surface area (Å²) in [7, 11) is 1.28. The van der Waals surface area contributed by atoms with Gasteiger partial charge in [-0.2, -0.15) is 11.4 Å². The van der Waals surface area contributed by atoms with Crippen LogP contribution in [-0.2, 0) is 31.9 Å². The monoisotopic (exact) mass is 909 g/mol. The van der Waals surface area contributed by atoms with Crippen molar-refractivity contribution in [2.75, 3.05) is 13.7 Å². The van der Waals surface area contributed by atoms with Gasteiger partial charge in [0.2, 0.25) is 0 Å². The number of rotatable bonds is 21. The molecule has 0 radical (unpaired) electrons. The molecule has 3 aromatic rings. The number of esters is 2. The maximum Gasteiger partial charge on any atom is 2.00 e. The molecule has 10 nitrogen and oxygen atoms in total. The molecule has 3 aliphatic rings. The zero-order chi connectivity index (χ0) is 47.1. The first-order valence-electron chi connectivity index (χ1n) is 24.4. The summed E-state index contributed by atoms with van der Waals surface area (Å²) in [6.45, 7) is 21.7. The van der Waals surface area contributed by atoms with Crippen LogP contribution in [0.4, 0.5) is 0 Å². The SMILES string of the molecule is CCc1c2[n-]c(c1C)/C=C1\[N-]/C(=C3\c4[n-]c(c(C)c4C(=O)[C@@H]3C(=O)OC)/C=c3\[n-]/c(c(C=O)c3CC)=C\2)[C@@H](CCC(=O)OC/C=C(\C)CCC[C@H](C)CCC[C@H](C)CCCC(C)C)[C@@H]1C.[Mg+2]. The Morgan fingerprint density at radius 3 is 2.08 bits per heavy atom. The fourth-order valence-electron chi connectivity index (χ4n) is 10.3. The van der Waals surface area contributed by atoms with E-state index in [9.17, 15) is 19.2 Å². The van der Waals surface area contributed by atoms with Crippen LogP contribution in [0.25, 0.3) is 29.1 Å². The first-order valence-corrected chi connectivity index (χ1v) is 24.4. The molecule has 2 aliphatic heterocycles. The van der Waals surface area contributed by atoms with Crippen LogP contribution in [0.2, 0.25) is 0 Å². The van der Waals surface area contributed by atoms with Crippen molar-refractivity contribution in [2.24, 2.45) is 35.5 Å². The molecule has 1 saturated heterocycles. The fraction of sp³-hybridized carbons (Fsp3) is 0.564. The number of Topliss-reactive ketones (excluding diaryl/α,β-unsaturated/α-hetero) is 1. The Morgan fingerprint density at radius 1 is 0.803 bits per heavy atom. The van der Waals surface area contributed by atoms with Gasteiger partial charge in [-0.15, -0.1) is 33.5 Å². The van der Waals surface area contributed by atoms with Crippen molar-refractivity contribution >= 4 is 70.9 Å². The van der Waals surface area contributed by atoms with Crippen LogP contribution in [0.1, 0.15) is 192 Å². The Kier molecular flexibility index (Phi) is 18.8. The van der Waals surface area contributed by atoms with E-state index in [0.717, 1.165) is 64.7 Å². The van der Waals surface area contributed by atoms with Crippen LogP contribution in [0.3, 0.4) is 0 Å². The van der Waals surface area contributed by atoms with E-state index in [-0.39, 0.29) is 53.9 Å². The molecule has 5 heterocycles. The Balaban J connectivity index is 0.00000817. The van der Waals surface area contributed by atoms with Gasteiger partial charge in [0.1, 0.15) is 18.8 Å². The number of hydrogen-bond acceptors (Lipinski definition) is 6. The van der Waals surface area contributed by atoms with E-state index in [0.29, 0.717) is 75.2 Å². The van der Waals surface area contributed by atoms with E-state index in [4.69, 9.17) is 29.7 Å². The van der Waals surface area contributed by atoms with Crippen LogP contribution < -0.4 is 25.7 Å². The predicted octanol–water partition coefficient (Wildman–Crippen LogP) is 9.79. The minimum atomic E-state index is -1.25. The van der Waals surface area contributed by atoms with Gasteiger partial charge in [-0.25, -0.2) is 0 Å². The molecule has 0 N–H and O–H groups in total. The topological polar surface area (TPSA) is 143 Å². The molecule has 3 aromatic heterocycles. The maximum absolute atomic E-state index is 14.4. The number of nitrogens with zero attached hydrogens (tertiary/aromatic N) is 4. The van der Waals surface area contributed by atoms with Crippen molar-refractivity contribution in [1.29, 1.82) is 0 Å². The second-order valence-electron chi connectivity index (χ2n) is 19.5. The molecule has 1 fully saturated rings. The second-order valence-corrected chi connectivity index (χ2v) is 19.5. The Labute approximate surface area is 409 Å². The number of methoxy groups -OCH3 is 1. The number of aldehydes is 1.